The summed E-state index contributed by atoms with van der Waals surface area (Å²) in [6.45, 7) is 8.10. The molecule has 2 N–H and O–H groups in total. The fourth-order valence-electron chi connectivity index (χ4n) is 6.94. The Balaban J connectivity index is 1.42. The third-order valence-corrected chi connectivity index (χ3v) is 11.2. The standard InChI is InChI=1S/C36H32F2N4O2S2/c1-35(2)13-25-31(27(43)15-35)29(19-5-9-21(37)10-6-19)23(17-39)33(41-25)45-46-34-24(18-40)30(20-7-11-22(38)12-8-20)32-26(42-34)14-36(3,4)16-28(32)44/h5-12,29-30,41-42H,13-16H2,1-4H3/t29-,30-/m1/s1. The number of ketones is 2. The molecule has 10 heteroatoms. The highest BCUT2D eigenvalue weighted by atomic mass is 33.1. The smallest absolute Gasteiger partial charge is 0.162 e. The number of hydrogen-bond acceptors (Lipinski definition) is 8. The molecular weight excluding hydrogens is 623 g/mol. The number of hydrogen-bond donors (Lipinski definition) is 2. The Kier molecular flexibility index (Phi) is 8.25. The van der Waals surface area contributed by atoms with E-state index in [9.17, 15) is 28.9 Å². The lowest BCUT2D eigenvalue weighted by Gasteiger charge is -2.40. The first kappa shape index (κ1) is 31.8. The second-order valence-electron chi connectivity index (χ2n) is 13.8. The molecule has 2 aliphatic heterocycles. The molecule has 0 bridgehead atoms. The maximum atomic E-state index is 13.9. The molecule has 0 aromatic heterocycles. The van der Waals surface area contributed by atoms with Gasteiger partial charge in [-0.15, -0.1) is 0 Å². The molecule has 2 aromatic rings. The molecule has 0 amide bonds. The first-order chi connectivity index (χ1) is 21.8. The van der Waals surface area contributed by atoms with Gasteiger partial charge in [0, 0.05) is 35.4 Å². The lowest BCUT2D eigenvalue weighted by Crippen LogP contribution is -2.37. The van der Waals surface area contributed by atoms with Crippen LogP contribution in [0.5, 0.6) is 0 Å². The number of dihydropyridines is 2. The minimum absolute atomic E-state index is 0.0489. The molecule has 0 unspecified atom stereocenters. The van der Waals surface area contributed by atoms with Crippen molar-refractivity contribution in [3.05, 3.63) is 115 Å². The largest absolute Gasteiger partial charge is 0.352 e. The number of halogens is 2. The highest BCUT2D eigenvalue weighted by Gasteiger charge is 2.44. The molecule has 6 nitrogen and oxygen atoms in total. The molecule has 2 heterocycles. The van der Waals surface area contributed by atoms with Crippen molar-refractivity contribution >= 4 is 33.2 Å². The van der Waals surface area contributed by atoms with Gasteiger partial charge in [0.05, 0.1) is 45.2 Å². The third-order valence-electron chi connectivity index (χ3n) is 8.87. The van der Waals surface area contributed by atoms with E-state index in [0.29, 0.717) is 69.2 Å². The third kappa shape index (κ3) is 5.92. The van der Waals surface area contributed by atoms with Crippen molar-refractivity contribution in [2.24, 2.45) is 10.8 Å². The summed E-state index contributed by atoms with van der Waals surface area (Å²) in [6, 6.07) is 16.4. The van der Waals surface area contributed by atoms with E-state index in [1.165, 1.54) is 45.9 Å². The van der Waals surface area contributed by atoms with Gasteiger partial charge in [-0.3, -0.25) is 9.59 Å². The van der Waals surface area contributed by atoms with Gasteiger partial charge in [0.25, 0.3) is 0 Å². The molecular formula is C36H32F2N4O2S2. The van der Waals surface area contributed by atoms with Gasteiger partial charge in [-0.2, -0.15) is 10.5 Å². The van der Waals surface area contributed by atoms with E-state index in [-0.39, 0.29) is 22.4 Å². The number of nitriles is 2. The molecule has 0 radical (unpaired) electrons. The van der Waals surface area contributed by atoms with E-state index >= 15 is 0 Å². The van der Waals surface area contributed by atoms with Crippen LogP contribution in [-0.2, 0) is 9.59 Å². The van der Waals surface area contributed by atoms with Crippen molar-refractivity contribution in [2.45, 2.75) is 65.2 Å². The van der Waals surface area contributed by atoms with E-state index < -0.39 is 23.5 Å². The number of carbonyl (C=O) groups excluding carboxylic acids is 2. The van der Waals surface area contributed by atoms with Gasteiger partial charge >= 0.3 is 0 Å². The molecule has 6 rings (SSSR count). The summed E-state index contributed by atoms with van der Waals surface area (Å²) in [5.41, 5.74) is 3.87. The van der Waals surface area contributed by atoms with Gasteiger partial charge in [-0.1, -0.05) is 52.0 Å². The Morgan fingerprint density at radius 2 is 1.00 bits per heavy atom. The van der Waals surface area contributed by atoms with Crippen LogP contribution in [0.25, 0.3) is 0 Å². The zero-order valence-corrected chi connectivity index (χ0v) is 27.5. The number of nitrogens with one attached hydrogen (secondary N) is 2. The average molecular weight is 655 g/mol. The number of allylic oxidation sites excluding steroid dienone is 6. The predicted octanol–water partition coefficient (Wildman–Crippen LogP) is 8.18. The lowest BCUT2D eigenvalue weighted by molar-refractivity contribution is -0.119. The molecule has 0 spiro atoms. The molecule has 2 atom stereocenters. The highest BCUT2D eigenvalue weighted by Crippen LogP contribution is 2.53. The van der Waals surface area contributed by atoms with Crippen LogP contribution in [0.3, 0.4) is 0 Å². The van der Waals surface area contributed by atoms with Crippen molar-refractivity contribution in [3.63, 3.8) is 0 Å². The summed E-state index contributed by atoms with van der Waals surface area (Å²) in [6.07, 6.45) is 1.84. The Morgan fingerprint density at radius 1 is 0.652 bits per heavy atom. The van der Waals surface area contributed by atoms with Crippen LogP contribution in [0, 0.1) is 45.1 Å². The Bertz CT molecular complexity index is 1740. The molecule has 0 saturated carbocycles. The minimum Gasteiger partial charge on any atom is -0.352 e. The average Bonchev–Trinajstić information content (AvgIpc) is 2.98. The number of Topliss-reactive ketones (excluding diaryl/α,β-unsaturated/α-hetero) is 2. The molecule has 0 saturated heterocycles. The summed E-state index contributed by atoms with van der Waals surface area (Å²) < 4.78 is 27.8. The highest BCUT2D eigenvalue weighted by molar-refractivity contribution is 8.79. The topological polar surface area (TPSA) is 106 Å². The van der Waals surface area contributed by atoms with Crippen LogP contribution in [-0.4, -0.2) is 11.6 Å². The number of nitrogens with zero attached hydrogens (tertiary/aromatic N) is 2. The fourth-order valence-corrected chi connectivity index (χ4v) is 9.24. The summed E-state index contributed by atoms with van der Waals surface area (Å²) in [5, 5.41) is 28.8. The molecule has 4 aliphatic rings. The summed E-state index contributed by atoms with van der Waals surface area (Å²) in [5.74, 6) is -2.27. The van der Waals surface area contributed by atoms with Crippen LogP contribution >= 0.6 is 21.6 Å². The van der Waals surface area contributed by atoms with Gasteiger partial charge < -0.3 is 10.6 Å². The van der Waals surface area contributed by atoms with E-state index in [0.717, 1.165) is 11.4 Å². The lowest BCUT2D eigenvalue weighted by atomic mass is 9.69. The number of benzene rings is 2. The summed E-state index contributed by atoms with van der Waals surface area (Å²) in [4.78, 5) is 27.1. The van der Waals surface area contributed by atoms with Crippen molar-refractivity contribution < 1.29 is 18.4 Å². The van der Waals surface area contributed by atoms with Crippen molar-refractivity contribution in [1.29, 1.82) is 10.5 Å². The SMILES string of the molecule is CC1(C)CC(=O)C2=C(C1)NC(SSC1=C(C#N)[C@@H](c3ccc(F)cc3)C3=C(CC(C)(C)CC3=O)N1)=C(C#N)[C@H]2c1ccc(F)cc1. The predicted molar refractivity (Wildman–Crippen MR) is 175 cm³/mol. The van der Waals surface area contributed by atoms with Crippen LogP contribution in [0.1, 0.15) is 76.3 Å². The minimum atomic E-state index is -0.671. The van der Waals surface area contributed by atoms with Gasteiger partial charge in [0.15, 0.2) is 11.6 Å². The Morgan fingerprint density at radius 3 is 1.33 bits per heavy atom. The van der Waals surface area contributed by atoms with Crippen LogP contribution in [0.4, 0.5) is 8.78 Å². The monoisotopic (exact) mass is 654 g/mol. The first-order valence-corrected chi connectivity index (χ1v) is 17.2. The molecule has 2 aliphatic carbocycles. The van der Waals surface area contributed by atoms with Crippen molar-refractivity contribution in [2.75, 3.05) is 0 Å². The molecule has 234 valence electrons. The van der Waals surface area contributed by atoms with Gasteiger partial charge in [0.2, 0.25) is 0 Å². The number of rotatable bonds is 5. The van der Waals surface area contributed by atoms with Crippen molar-refractivity contribution in [3.8, 4) is 12.1 Å². The molecule has 0 fully saturated rings. The van der Waals surface area contributed by atoms with Gasteiger partial charge in [-0.05, 0) is 80.7 Å². The number of carbonyl (C=O) groups is 2. The maximum absolute atomic E-state index is 13.9. The Hall–Kier alpha value is -4.12. The van der Waals surface area contributed by atoms with Crippen LogP contribution < -0.4 is 10.6 Å². The molecule has 46 heavy (non-hydrogen) atoms. The maximum Gasteiger partial charge on any atom is 0.162 e. The van der Waals surface area contributed by atoms with Crippen LogP contribution in [0.15, 0.2) is 92.3 Å². The zero-order valence-electron chi connectivity index (χ0n) is 25.9. The molecule has 2 aromatic carbocycles. The van der Waals surface area contributed by atoms with E-state index in [4.69, 9.17) is 0 Å². The second kappa shape index (κ2) is 11.9. The Labute approximate surface area is 275 Å². The zero-order chi connectivity index (χ0) is 33.0. The van der Waals surface area contributed by atoms with Gasteiger partial charge in [0.1, 0.15) is 11.6 Å². The van der Waals surface area contributed by atoms with E-state index in [2.05, 4.69) is 22.8 Å². The normalized spacial score (nSPS) is 23.7. The van der Waals surface area contributed by atoms with E-state index in [1.807, 2.05) is 27.7 Å². The quantitative estimate of drug-likeness (QED) is 0.311. The van der Waals surface area contributed by atoms with Gasteiger partial charge in [-0.25, -0.2) is 8.78 Å². The summed E-state index contributed by atoms with van der Waals surface area (Å²) in [7, 11) is 2.52. The van der Waals surface area contributed by atoms with E-state index in [1.54, 1.807) is 24.3 Å². The first-order valence-electron chi connectivity index (χ1n) is 15.0. The van der Waals surface area contributed by atoms with Crippen LogP contribution in [0.2, 0.25) is 0 Å². The second-order valence-corrected chi connectivity index (χ2v) is 15.9. The van der Waals surface area contributed by atoms with Crippen molar-refractivity contribution in [1.82, 2.24) is 10.6 Å². The fraction of sp³-hybridized carbons (Fsp3) is 0.333. The summed E-state index contributed by atoms with van der Waals surface area (Å²) >= 11 is 0.